The number of anilines is 1. The van der Waals surface area contributed by atoms with Gasteiger partial charge in [0.2, 0.25) is 0 Å². The highest BCUT2D eigenvalue weighted by molar-refractivity contribution is 7.98. The molecule has 1 heterocycles. The normalized spacial score (nSPS) is 11.0. The number of nitrogens with two attached hydrogens (primary N) is 1. The lowest BCUT2D eigenvalue weighted by Crippen LogP contribution is -1.86. The zero-order valence-electron chi connectivity index (χ0n) is 7.78. The van der Waals surface area contributed by atoms with E-state index >= 15 is 0 Å². The van der Waals surface area contributed by atoms with Crippen LogP contribution in [0.15, 0.2) is 23.1 Å². The summed E-state index contributed by atoms with van der Waals surface area (Å²) >= 11 is 3.24. The van der Waals surface area contributed by atoms with Crippen molar-refractivity contribution >= 4 is 38.2 Å². The van der Waals surface area contributed by atoms with Crippen LogP contribution in [0.3, 0.4) is 0 Å². The van der Waals surface area contributed by atoms with Gasteiger partial charge in [0, 0.05) is 15.0 Å². The van der Waals surface area contributed by atoms with E-state index in [1.165, 1.54) is 4.70 Å². The Morgan fingerprint density at radius 3 is 2.93 bits per heavy atom. The van der Waals surface area contributed by atoms with Crippen molar-refractivity contribution in [3.05, 3.63) is 23.8 Å². The Morgan fingerprint density at radius 1 is 1.50 bits per heavy atom. The maximum Gasteiger partial charge on any atom is 0.0869 e. The van der Waals surface area contributed by atoms with Crippen molar-refractivity contribution in [2.75, 3.05) is 12.0 Å². The number of fused-ring (bicyclic) bond motifs is 1. The van der Waals surface area contributed by atoms with Crippen molar-refractivity contribution in [1.29, 1.82) is 0 Å². The van der Waals surface area contributed by atoms with Crippen LogP contribution in [0.1, 0.15) is 5.56 Å². The number of rotatable bonds is 2. The fourth-order valence-corrected chi connectivity index (χ4v) is 3.20. The van der Waals surface area contributed by atoms with E-state index in [1.807, 2.05) is 24.5 Å². The van der Waals surface area contributed by atoms with Crippen LogP contribution in [0.25, 0.3) is 10.1 Å². The number of thiophene rings is 1. The molecule has 14 heavy (non-hydrogen) atoms. The van der Waals surface area contributed by atoms with Crippen LogP contribution >= 0.6 is 23.1 Å². The molecule has 4 heteroatoms. The number of aliphatic hydroxyl groups is 1. The maximum atomic E-state index is 9.17. The number of hydrogen-bond acceptors (Lipinski definition) is 4. The first kappa shape index (κ1) is 9.83. The summed E-state index contributed by atoms with van der Waals surface area (Å²) < 4.78 is 1.18. The Morgan fingerprint density at radius 2 is 2.29 bits per heavy atom. The average molecular weight is 225 g/mol. The largest absolute Gasteiger partial charge is 0.392 e. The lowest BCUT2D eigenvalue weighted by molar-refractivity contribution is 0.279. The van der Waals surface area contributed by atoms with E-state index in [4.69, 9.17) is 5.73 Å². The summed E-state index contributed by atoms with van der Waals surface area (Å²) in [5.41, 5.74) is 6.73. The van der Waals surface area contributed by atoms with Crippen LogP contribution in [0.4, 0.5) is 5.00 Å². The van der Waals surface area contributed by atoms with Gasteiger partial charge in [-0.1, -0.05) is 6.07 Å². The lowest BCUT2D eigenvalue weighted by atomic mass is 10.2. The molecule has 2 aromatic rings. The third-order valence-electron chi connectivity index (χ3n) is 2.13. The summed E-state index contributed by atoms with van der Waals surface area (Å²) in [6.45, 7) is 0.0852. The van der Waals surface area contributed by atoms with Gasteiger partial charge in [0.15, 0.2) is 0 Å². The molecule has 0 fully saturated rings. The second-order valence-electron chi connectivity index (χ2n) is 2.98. The van der Waals surface area contributed by atoms with Gasteiger partial charge in [0.25, 0.3) is 0 Å². The van der Waals surface area contributed by atoms with E-state index in [9.17, 15) is 5.11 Å². The highest BCUT2D eigenvalue weighted by Crippen LogP contribution is 2.36. The number of thioether (sulfide) groups is 1. The molecule has 0 bridgehead atoms. The summed E-state index contributed by atoms with van der Waals surface area (Å²) in [7, 11) is 0. The van der Waals surface area contributed by atoms with Crippen molar-refractivity contribution in [3.63, 3.8) is 0 Å². The van der Waals surface area contributed by atoms with Gasteiger partial charge < -0.3 is 10.8 Å². The SMILES string of the molecule is CSc1c(CO)ccc2sc(N)cc12. The summed E-state index contributed by atoms with van der Waals surface area (Å²) in [5, 5.41) is 11.2. The zero-order chi connectivity index (χ0) is 10.1. The van der Waals surface area contributed by atoms with Crippen LogP contribution in [0.5, 0.6) is 0 Å². The van der Waals surface area contributed by atoms with E-state index in [-0.39, 0.29) is 6.61 Å². The monoisotopic (exact) mass is 225 g/mol. The molecule has 74 valence electrons. The van der Waals surface area contributed by atoms with Crippen molar-refractivity contribution in [1.82, 2.24) is 0 Å². The van der Waals surface area contributed by atoms with E-state index in [2.05, 4.69) is 0 Å². The van der Waals surface area contributed by atoms with E-state index in [1.54, 1.807) is 23.1 Å². The van der Waals surface area contributed by atoms with Gasteiger partial charge in [-0.25, -0.2) is 0 Å². The molecule has 0 aliphatic heterocycles. The van der Waals surface area contributed by atoms with E-state index in [0.717, 1.165) is 20.8 Å². The fraction of sp³-hybridized carbons (Fsp3) is 0.200. The number of aliphatic hydroxyl groups excluding tert-OH is 1. The Labute approximate surface area is 90.7 Å². The highest BCUT2D eigenvalue weighted by atomic mass is 32.2. The number of benzene rings is 1. The zero-order valence-corrected chi connectivity index (χ0v) is 9.41. The molecular weight excluding hydrogens is 214 g/mol. The number of hydrogen-bond donors (Lipinski definition) is 2. The molecule has 1 aromatic carbocycles. The lowest BCUT2D eigenvalue weighted by Gasteiger charge is -2.05. The predicted molar refractivity (Wildman–Crippen MR) is 63.9 cm³/mol. The summed E-state index contributed by atoms with van der Waals surface area (Å²) in [6, 6.07) is 5.96. The molecule has 2 nitrogen and oxygen atoms in total. The van der Waals surface area contributed by atoms with Crippen molar-refractivity contribution in [3.8, 4) is 0 Å². The Balaban J connectivity index is 2.75. The quantitative estimate of drug-likeness (QED) is 0.772. The molecule has 0 aliphatic rings. The molecular formula is C10H11NOS2. The first-order valence-electron chi connectivity index (χ1n) is 4.22. The molecule has 0 spiro atoms. The topological polar surface area (TPSA) is 46.2 Å². The molecule has 0 unspecified atom stereocenters. The summed E-state index contributed by atoms with van der Waals surface area (Å²) in [6.07, 6.45) is 2.02. The van der Waals surface area contributed by atoms with Crippen LogP contribution in [0, 0.1) is 0 Å². The second-order valence-corrected chi connectivity index (χ2v) is 4.91. The third-order valence-corrected chi connectivity index (χ3v) is 3.95. The Hall–Kier alpha value is -0.710. The van der Waals surface area contributed by atoms with Gasteiger partial charge in [-0.2, -0.15) is 0 Å². The first-order valence-corrected chi connectivity index (χ1v) is 6.26. The van der Waals surface area contributed by atoms with Gasteiger partial charge in [-0.15, -0.1) is 23.1 Å². The van der Waals surface area contributed by atoms with Gasteiger partial charge in [-0.05, 0) is 24.0 Å². The van der Waals surface area contributed by atoms with Crippen molar-refractivity contribution < 1.29 is 5.11 Å². The molecule has 2 rings (SSSR count). The molecule has 0 amide bonds. The van der Waals surface area contributed by atoms with Crippen LogP contribution in [-0.2, 0) is 6.61 Å². The van der Waals surface area contributed by atoms with Crippen LogP contribution in [0.2, 0.25) is 0 Å². The average Bonchev–Trinajstić information content (AvgIpc) is 2.56. The van der Waals surface area contributed by atoms with Crippen LogP contribution in [-0.4, -0.2) is 11.4 Å². The van der Waals surface area contributed by atoms with Crippen molar-refractivity contribution in [2.45, 2.75) is 11.5 Å². The van der Waals surface area contributed by atoms with Crippen LogP contribution < -0.4 is 5.73 Å². The second kappa shape index (κ2) is 3.81. The molecule has 1 aromatic heterocycles. The third kappa shape index (κ3) is 1.49. The minimum Gasteiger partial charge on any atom is -0.392 e. The molecule has 0 aliphatic carbocycles. The van der Waals surface area contributed by atoms with Gasteiger partial charge in [0.1, 0.15) is 0 Å². The Bertz CT molecular complexity index is 464. The standard InChI is InChI=1S/C10H11NOS2/c1-13-10-6(5-12)2-3-8-7(10)4-9(11)14-8/h2-4,12H,5,11H2,1H3. The minimum atomic E-state index is 0.0852. The predicted octanol–water partition coefficient (Wildman–Crippen LogP) is 2.70. The molecule has 3 N–H and O–H groups in total. The summed E-state index contributed by atoms with van der Waals surface area (Å²) in [4.78, 5) is 1.14. The molecule has 0 saturated carbocycles. The summed E-state index contributed by atoms with van der Waals surface area (Å²) in [5.74, 6) is 0. The molecule has 0 atom stereocenters. The smallest absolute Gasteiger partial charge is 0.0869 e. The maximum absolute atomic E-state index is 9.17. The highest BCUT2D eigenvalue weighted by Gasteiger charge is 2.08. The Kier molecular flexibility index (Phi) is 2.67. The fourth-order valence-electron chi connectivity index (χ4n) is 1.52. The number of nitrogen functional groups attached to an aromatic ring is 1. The van der Waals surface area contributed by atoms with E-state index in [0.29, 0.717) is 0 Å². The van der Waals surface area contributed by atoms with Crippen molar-refractivity contribution in [2.24, 2.45) is 0 Å². The van der Waals surface area contributed by atoms with Gasteiger partial charge >= 0.3 is 0 Å². The first-order chi connectivity index (χ1) is 6.76. The van der Waals surface area contributed by atoms with E-state index < -0.39 is 0 Å². The van der Waals surface area contributed by atoms with Gasteiger partial charge in [-0.3, -0.25) is 0 Å². The molecule has 0 saturated heterocycles. The van der Waals surface area contributed by atoms with Gasteiger partial charge in [0.05, 0.1) is 11.6 Å². The molecule has 0 radical (unpaired) electrons. The minimum absolute atomic E-state index is 0.0852.